The Morgan fingerprint density at radius 3 is 2.54 bits per heavy atom. The van der Waals surface area contributed by atoms with Gasteiger partial charge in [-0.25, -0.2) is 8.42 Å². The summed E-state index contributed by atoms with van der Waals surface area (Å²) in [6, 6.07) is 8.52. The molecule has 1 N–H and O–H groups in total. The summed E-state index contributed by atoms with van der Waals surface area (Å²) in [4.78, 5) is 13.0. The van der Waals surface area contributed by atoms with Crippen molar-refractivity contribution in [1.29, 1.82) is 0 Å². The predicted molar refractivity (Wildman–Crippen MR) is 102 cm³/mol. The van der Waals surface area contributed by atoms with Crippen molar-refractivity contribution in [3.8, 4) is 5.75 Å². The lowest BCUT2D eigenvalue weighted by Crippen LogP contribution is -2.35. The number of sulfonamides is 1. The molecule has 0 unspecified atom stereocenters. The van der Waals surface area contributed by atoms with Gasteiger partial charge in [0, 0.05) is 24.2 Å². The second kappa shape index (κ2) is 8.20. The van der Waals surface area contributed by atoms with E-state index < -0.39 is 10.0 Å². The van der Waals surface area contributed by atoms with Crippen molar-refractivity contribution in [2.24, 2.45) is 0 Å². The molecule has 1 aromatic carbocycles. The normalized spacial score (nSPS) is 15.6. The van der Waals surface area contributed by atoms with Gasteiger partial charge in [0.15, 0.2) is 0 Å². The van der Waals surface area contributed by atoms with Crippen molar-refractivity contribution in [1.82, 2.24) is 4.31 Å². The van der Waals surface area contributed by atoms with Gasteiger partial charge in [0.05, 0.1) is 16.4 Å². The van der Waals surface area contributed by atoms with Crippen LogP contribution in [0.25, 0.3) is 0 Å². The highest BCUT2D eigenvalue weighted by Crippen LogP contribution is 2.26. The van der Waals surface area contributed by atoms with Gasteiger partial charge >= 0.3 is 0 Å². The van der Waals surface area contributed by atoms with E-state index in [1.165, 1.54) is 15.8 Å². The number of nitrogens with zero attached hydrogens (tertiary/aromatic N) is 1. The molecular weight excluding hydrogens is 372 g/mol. The first-order valence-corrected chi connectivity index (χ1v) is 11.0. The fraction of sp³-hybridized carbons (Fsp3) is 0.389. The fourth-order valence-electron chi connectivity index (χ4n) is 2.82. The van der Waals surface area contributed by atoms with Crippen molar-refractivity contribution in [3.05, 3.63) is 40.6 Å². The molecule has 0 spiro atoms. The molecule has 8 heteroatoms. The molecule has 2 aromatic rings. The zero-order valence-electron chi connectivity index (χ0n) is 14.6. The van der Waals surface area contributed by atoms with Crippen molar-refractivity contribution >= 4 is 33.0 Å². The van der Waals surface area contributed by atoms with Crippen LogP contribution in [-0.2, 0) is 10.0 Å². The lowest BCUT2D eigenvalue weighted by Gasteiger charge is -2.25. The van der Waals surface area contributed by atoms with E-state index in [0.29, 0.717) is 30.3 Å². The largest absolute Gasteiger partial charge is 0.494 e. The summed E-state index contributed by atoms with van der Waals surface area (Å²) in [7, 11) is -3.51. The van der Waals surface area contributed by atoms with Crippen LogP contribution in [0.5, 0.6) is 5.75 Å². The molecule has 6 nitrogen and oxygen atoms in total. The number of thiophene rings is 1. The Morgan fingerprint density at radius 1 is 1.19 bits per heavy atom. The Bertz CT molecular complexity index is 854. The number of benzene rings is 1. The molecule has 1 fully saturated rings. The second-order valence-corrected chi connectivity index (χ2v) is 8.87. The zero-order valence-corrected chi connectivity index (χ0v) is 16.2. The molecule has 0 saturated carbocycles. The van der Waals surface area contributed by atoms with Crippen molar-refractivity contribution in [2.75, 3.05) is 25.0 Å². The van der Waals surface area contributed by atoms with Crippen molar-refractivity contribution in [2.45, 2.75) is 31.1 Å². The minimum Gasteiger partial charge on any atom is -0.494 e. The first-order valence-electron chi connectivity index (χ1n) is 8.63. The van der Waals surface area contributed by atoms with E-state index in [0.717, 1.165) is 36.3 Å². The van der Waals surface area contributed by atoms with E-state index in [9.17, 15) is 13.2 Å². The SMILES string of the molecule is CCOc1ccc(NC(=O)c2cc(S(=O)(=O)N3CCCCC3)cs2)cc1. The Morgan fingerprint density at radius 2 is 1.88 bits per heavy atom. The third-order valence-corrected chi connectivity index (χ3v) is 7.13. The number of hydrogen-bond donors (Lipinski definition) is 1. The Balaban J connectivity index is 1.69. The predicted octanol–water partition coefficient (Wildman–Crippen LogP) is 3.57. The van der Waals surface area contributed by atoms with E-state index in [1.807, 2.05) is 6.92 Å². The second-order valence-electron chi connectivity index (χ2n) is 6.02. The van der Waals surface area contributed by atoms with Crippen LogP contribution in [0.4, 0.5) is 5.69 Å². The minimum absolute atomic E-state index is 0.196. The maximum absolute atomic E-state index is 12.7. The third-order valence-electron chi connectivity index (χ3n) is 4.18. The van der Waals surface area contributed by atoms with Crippen LogP contribution in [0.3, 0.4) is 0 Å². The number of anilines is 1. The van der Waals surface area contributed by atoms with E-state index in [4.69, 9.17) is 4.74 Å². The fourth-order valence-corrected chi connectivity index (χ4v) is 5.49. The highest BCUT2D eigenvalue weighted by atomic mass is 32.2. The molecule has 0 radical (unpaired) electrons. The molecule has 2 heterocycles. The number of carbonyl (C=O) groups excluding carboxylic acids is 1. The first-order chi connectivity index (χ1) is 12.5. The summed E-state index contributed by atoms with van der Waals surface area (Å²) in [5.74, 6) is 0.413. The van der Waals surface area contributed by atoms with Crippen LogP contribution in [0, 0.1) is 0 Å². The Kier molecular flexibility index (Phi) is 5.95. The highest BCUT2D eigenvalue weighted by Gasteiger charge is 2.27. The van der Waals surface area contributed by atoms with Crippen LogP contribution < -0.4 is 10.1 Å². The van der Waals surface area contributed by atoms with Gasteiger partial charge in [-0.1, -0.05) is 6.42 Å². The highest BCUT2D eigenvalue weighted by molar-refractivity contribution is 7.89. The standard InChI is InChI=1S/C18H22N2O4S2/c1-2-24-15-8-6-14(7-9-15)19-18(21)17-12-16(13-25-17)26(22,23)20-10-4-3-5-11-20/h6-9,12-13H,2-5,10-11H2,1H3,(H,19,21). The van der Waals surface area contributed by atoms with Gasteiger partial charge in [-0.05, 0) is 50.1 Å². The summed E-state index contributed by atoms with van der Waals surface area (Å²) >= 11 is 1.14. The summed E-state index contributed by atoms with van der Waals surface area (Å²) in [5, 5.41) is 4.32. The van der Waals surface area contributed by atoms with Gasteiger partial charge in [-0.3, -0.25) is 4.79 Å². The average Bonchev–Trinajstić information content (AvgIpc) is 3.15. The topological polar surface area (TPSA) is 75.7 Å². The van der Waals surface area contributed by atoms with Crippen LogP contribution >= 0.6 is 11.3 Å². The molecule has 1 amide bonds. The van der Waals surface area contributed by atoms with Crippen LogP contribution in [0.1, 0.15) is 35.9 Å². The van der Waals surface area contributed by atoms with Crippen molar-refractivity contribution in [3.63, 3.8) is 0 Å². The lowest BCUT2D eigenvalue weighted by atomic mass is 10.2. The molecule has 26 heavy (non-hydrogen) atoms. The Hall–Kier alpha value is -1.90. The minimum atomic E-state index is -3.51. The number of amides is 1. The lowest BCUT2D eigenvalue weighted by molar-refractivity contribution is 0.103. The number of ether oxygens (including phenoxy) is 1. The Labute approximate surface area is 157 Å². The van der Waals surface area contributed by atoms with Crippen LogP contribution in [-0.4, -0.2) is 38.3 Å². The molecule has 1 aliphatic heterocycles. The average molecular weight is 395 g/mol. The summed E-state index contributed by atoms with van der Waals surface area (Å²) in [6.45, 7) is 3.58. The monoisotopic (exact) mass is 394 g/mol. The molecule has 1 aliphatic rings. The number of nitrogens with one attached hydrogen (secondary N) is 1. The molecule has 0 aliphatic carbocycles. The molecule has 0 atom stereocenters. The van der Waals surface area contributed by atoms with E-state index in [2.05, 4.69) is 5.32 Å². The quantitative estimate of drug-likeness (QED) is 0.813. The van der Waals surface area contributed by atoms with Gasteiger partial charge in [-0.15, -0.1) is 11.3 Å². The van der Waals surface area contributed by atoms with Gasteiger partial charge in [0.25, 0.3) is 5.91 Å². The van der Waals surface area contributed by atoms with Crippen LogP contribution in [0.2, 0.25) is 0 Å². The van der Waals surface area contributed by atoms with Gasteiger partial charge in [0.1, 0.15) is 5.75 Å². The van der Waals surface area contributed by atoms with Gasteiger partial charge < -0.3 is 10.1 Å². The van der Waals surface area contributed by atoms with Crippen LogP contribution in [0.15, 0.2) is 40.6 Å². The summed E-state index contributed by atoms with van der Waals surface area (Å²) in [6.07, 6.45) is 2.83. The molecular formula is C18H22N2O4S2. The summed E-state index contributed by atoms with van der Waals surface area (Å²) in [5.41, 5.74) is 0.632. The van der Waals surface area contributed by atoms with Gasteiger partial charge in [-0.2, -0.15) is 4.31 Å². The van der Waals surface area contributed by atoms with E-state index >= 15 is 0 Å². The first kappa shape index (κ1) is 18.9. The smallest absolute Gasteiger partial charge is 0.265 e. The number of rotatable bonds is 6. The molecule has 1 aromatic heterocycles. The molecule has 140 valence electrons. The molecule has 1 saturated heterocycles. The maximum Gasteiger partial charge on any atom is 0.265 e. The summed E-state index contributed by atoms with van der Waals surface area (Å²) < 4.78 is 32.2. The number of carbonyl (C=O) groups is 1. The number of piperidine rings is 1. The van der Waals surface area contributed by atoms with E-state index in [1.54, 1.807) is 24.3 Å². The number of hydrogen-bond acceptors (Lipinski definition) is 5. The molecule has 3 rings (SSSR count). The maximum atomic E-state index is 12.7. The zero-order chi connectivity index (χ0) is 18.6. The molecule has 0 bridgehead atoms. The third kappa shape index (κ3) is 4.25. The van der Waals surface area contributed by atoms with Gasteiger partial charge in [0.2, 0.25) is 10.0 Å². The van der Waals surface area contributed by atoms with Crippen molar-refractivity contribution < 1.29 is 17.9 Å². The van der Waals surface area contributed by atoms with E-state index in [-0.39, 0.29) is 10.8 Å².